The minimum Gasteiger partial charge on any atom is -0.493 e. The van der Waals surface area contributed by atoms with Crippen LogP contribution < -0.4 is 15.2 Å². The molecule has 0 spiro atoms. The summed E-state index contributed by atoms with van der Waals surface area (Å²) in [5.74, 6) is 0.228. The van der Waals surface area contributed by atoms with Crippen LogP contribution in [0.4, 0.5) is 13.2 Å². The van der Waals surface area contributed by atoms with E-state index in [0.29, 0.717) is 4.47 Å². The SMILES string of the molecule is COc1cc(CN)cc(Br)c1OCC(F)(F)F. The van der Waals surface area contributed by atoms with Crippen LogP contribution in [0.2, 0.25) is 0 Å². The highest BCUT2D eigenvalue weighted by atomic mass is 79.9. The van der Waals surface area contributed by atoms with E-state index in [1.165, 1.54) is 13.2 Å². The molecule has 0 heterocycles. The molecule has 0 fully saturated rings. The Labute approximate surface area is 105 Å². The van der Waals surface area contributed by atoms with Gasteiger partial charge in [-0.25, -0.2) is 0 Å². The Kier molecular flexibility index (Phi) is 4.64. The van der Waals surface area contributed by atoms with Gasteiger partial charge in [0.05, 0.1) is 11.6 Å². The van der Waals surface area contributed by atoms with Crippen LogP contribution in [0, 0.1) is 0 Å². The lowest BCUT2D eigenvalue weighted by Crippen LogP contribution is -2.19. The molecule has 17 heavy (non-hydrogen) atoms. The maximum Gasteiger partial charge on any atom is 0.422 e. The Balaban J connectivity index is 2.98. The lowest BCUT2D eigenvalue weighted by Gasteiger charge is -2.15. The third-order valence-electron chi connectivity index (χ3n) is 1.91. The molecule has 0 aliphatic rings. The number of ether oxygens (including phenoxy) is 2. The molecule has 0 radical (unpaired) electrons. The second kappa shape index (κ2) is 5.59. The maximum absolute atomic E-state index is 12.1. The summed E-state index contributed by atoms with van der Waals surface area (Å²) in [6.07, 6.45) is -4.39. The molecular weight excluding hydrogens is 303 g/mol. The molecule has 0 aliphatic carbocycles. The van der Waals surface area contributed by atoms with Crippen molar-refractivity contribution < 1.29 is 22.6 Å². The molecule has 0 atom stereocenters. The zero-order chi connectivity index (χ0) is 13.1. The van der Waals surface area contributed by atoms with Gasteiger partial charge in [0.15, 0.2) is 18.1 Å². The first-order chi connectivity index (χ1) is 7.87. The van der Waals surface area contributed by atoms with E-state index in [1.54, 1.807) is 6.07 Å². The van der Waals surface area contributed by atoms with E-state index in [9.17, 15) is 13.2 Å². The number of rotatable bonds is 4. The van der Waals surface area contributed by atoms with Crippen molar-refractivity contribution in [2.24, 2.45) is 5.73 Å². The summed E-state index contributed by atoms with van der Waals surface area (Å²) in [6, 6.07) is 3.13. The highest BCUT2D eigenvalue weighted by Gasteiger charge is 2.29. The molecule has 1 rings (SSSR count). The fourth-order valence-corrected chi connectivity index (χ4v) is 1.79. The monoisotopic (exact) mass is 313 g/mol. The van der Waals surface area contributed by atoms with Crippen LogP contribution in [-0.4, -0.2) is 19.9 Å². The lowest BCUT2D eigenvalue weighted by molar-refractivity contribution is -0.153. The number of alkyl halides is 3. The number of benzene rings is 1. The van der Waals surface area contributed by atoms with Crippen molar-refractivity contribution in [1.29, 1.82) is 0 Å². The number of hydrogen-bond donors (Lipinski definition) is 1. The molecule has 0 unspecified atom stereocenters. The average Bonchev–Trinajstić information content (AvgIpc) is 2.25. The molecular formula is C10H11BrF3NO2. The van der Waals surface area contributed by atoms with Crippen molar-refractivity contribution in [3.8, 4) is 11.5 Å². The minimum absolute atomic E-state index is 0.0158. The van der Waals surface area contributed by atoms with E-state index in [1.807, 2.05) is 0 Å². The summed E-state index contributed by atoms with van der Waals surface area (Å²) in [7, 11) is 1.35. The first-order valence-corrected chi connectivity index (χ1v) is 5.42. The van der Waals surface area contributed by atoms with E-state index < -0.39 is 12.8 Å². The molecule has 7 heteroatoms. The topological polar surface area (TPSA) is 44.5 Å². The van der Waals surface area contributed by atoms with Crippen molar-refractivity contribution >= 4 is 15.9 Å². The molecule has 0 aromatic heterocycles. The molecule has 3 nitrogen and oxygen atoms in total. The summed E-state index contributed by atoms with van der Waals surface area (Å²) in [4.78, 5) is 0. The predicted octanol–water partition coefficient (Wildman–Crippen LogP) is 2.86. The van der Waals surface area contributed by atoms with Gasteiger partial charge in [-0.15, -0.1) is 0 Å². The predicted molar refractivity (Wildman–Crippen MR) is 60.1 cm³/mol. The standard InChI is InChI=1S/C10H11BrF3NO2/c1-16-8-3-6(4-15)2-7(11)9(8)17-5-10(12,13)14/h2-3H,4-5,15H2,1H3. The van der Waals surface area contributed by atoms with Crippen LogP contribution in [0.5, 0.6) is 11.5 Å². The molecule has 1 aromatic carbocycles. The Hall–Kier alpha value is -0.950. The first-order valence-electron chi connectivity index (χ1n) is 4.63. The molecule has 0 saturated heterocycles. The summed E-state index contributed by atoms with van der Waals surface area (Å²) in [5.41, 5.74) is 6.17. The van der Waals surface area contributed by atoms with Gasteiger partial charge in [0, 0.05) is 6.54 Å². The van der Waals surface area contributed by atoms with Crippen LogP contribution in [0.15, 0.2) is 16.6 Å². The van der Waals surface area contributed by atoms with Crippen molar-refractivity contribution in [3.63, 3.8) is 0 Å². The van der Waals surface area contributed by atoms with Crippen molar-refractivity contribution in [1.82, 2.24) is 0 Å². The van der Waals surface area contributed by atoms with E-state index in [0.717, 1.165) is 5.56 Å². The highest BCUT2D eigenvalue weighted by molar-refractivity contribution is 9.10. The summed E-state index contributed by atoms with van der Waals surface area (Å²) >= 11 is 3.12. The van der Waals surface area contributed by atoms with Gasteiger partial charge in [-0.3, -0.25) is 0 Å². The van der Waals surface area contributed by atoms with E-state index in [4.69, 9.17) is 10.5 Å². The molecule has 1 aromatic rings. The molecule has 0 bridgehead atoms. The second-order valence-corrected chi connectivity index (χ2v) is 4.07. The normalized spacial score (nSPS) is 11.4. The van der Waals surface area contributed by atoms with Crippen molar-refractivity contribution in [2.75, 3.05) is 13.7 Å². The average molecular weight is 314 g/mol. The molecule has 2 N–H and O–H groups in total. The second-order valence-electron chi connectivity index (χ2n) is 3.22. The van der Waals surface area contributed by atoms with Gasteiger partial charge in [0.2, 0.25) is 0 Å². The summed E-state index contributed by atoms with van der Waals surface area (Å²) in [5, 5.41) is 0. The quantitative estimate of drug-likeness (QED) is 0.929. The van der Waals surface area contributed by atoms with Crippen LogP contribution in [0.3, 0.4) is 0 Å². The van der Waals surface area contributed by atoms with E-state index >= 15 is 0 Å². The van der Waals surface area contributed by atoms with Crippen LogP contribution in [0.25, 0.3) is 0 Å². The largest absolute Gasteiger partial charge is 0.493 e. The van der Waals surface area contributed by atoms with Gasteiger partial charge in [-0.05, 0) is 33.6 Å². The molecule has 0 amide bonds. The Morgan fingerprint density at radius 1 is 1.35 bits per heavy atom. The smallest absolute Gasteiger partial charge is 0.422 e. The van der Waals surface area contributed by atoms with Gasteiger partial charge in [-0.2, -0.15) is 13.2 Å². The third-order valence-corrected chi connectivity index (χ3v) is 2.49. The zero-order valence-electron chi connectivity index (χ0n) is 8.97. The van der Waals surface area contributed by atoms with Crippen LogP contribution >= 0.6 is 15.9 Å². The highest BCUT2D eigenvalue weighted by Crippen LogP contribution is 2.37. The summed E-state index contributed by atoms with van der Waals surface area (Å²) in [6.45, 7) is -1.11. The van der Waals surface area contributed by atoms with Gasteiger partial charge < -0.3 is 15.2 Å². The van der Waals surface area contributed by atoms with Crippen molar-refractivity contribution in [3.05, 3.63) is 22.2 Å². The third kappa shape index (κ3) is 4.08. The van der Waals surface area contributed by atoms with Gasteiger partial charge >= 0.3 is 6.18 Å². The first kappa shape index (κ1) is 14.1. The zero-order valence-corrected chi connectivity index (χ0v) is 10.6. The Morgan fingerprint density at radius 3 is 2.47 bits per heavy atom. The molecule has 0 saturated carbocycles. The van der Waals surface area contributed by atoms with Crippen molar-refractivity contribution in [2.45, 2.75) is 12.7 Å². The minimum atomic E-state index is -4.39. The maximum atomic E-state index is 12.1. The fourth-order valence-electron chi connectivity index (χ4n) is 1.19. The summed E-state index contributed by atoms with van der Waals surface area (Å²) < 4.78 is 46.2. The van der Waals surface area contributed by atoms with E-state index in [2.05, 4.69) is 20.7 Å². The number of halogens is 4. The van der Waals surface area contributed by atoms with Crippen LogP contribution in [0.1, 0.15) is 5.56 Å². The van der Waals surface area contributed by atoms with Crippen LogP contribution in [-0.2, 0) is 6.54 Å². The van der Waals surface area contributed by atoms with E-state index in [-0.39, 0.29) is 18.0 Å². The number of methoxy groups -OCH3 is 1. The number of nitrogens with two attached hydrogens (primary N) is 1. The molecule has 0 aliphatic heterocycles. The molecule has 96 valence electrons. The van der Waals surface area contributed by atoms with Gasteiger partial charge in [-0.1, -0.05) is 0 Å². The Bertz CT molecular complexity index is 396. The fraction of sp³-hybridized carbons (Fsp3) is 0.400. The van der Waals surface area contributed by atoms with Gasteiger partial charge in [0.1, 0.15) is 0 Å². The number of hydrogen-bond acceptors (Lipinski definition) is 3. The Morgan fingerprint density at radius 2 is 2.00 bits per heavy atom. The van der Waals surface area contributed by atoms with Gasteiger partial charge in [0.25, 0.3) is 0 Å². The lowest BCUT2D eigenvalue weighted by atomic mass is 10.2.